The fourth-order valence-electron chi connectivity index (χ4n) is 3.82. The Bertz CT molecular complexity index is 1130. The lowest BCUT2D eigenvalue weighted by Gasteiger charge is -2.33. The summed E-state index contributed by atoms with van der Waals surface area (Å²) in [5.74, 6) is 1.04. The van der Waals surface area contributed by atoms with Crippen LogP contribution >= 0.6 is 0 Å². The number of aliphatic imine (C=N–C) groups is 1. The first-order chi connectivity index (χ1) is 16.6. The van der Waals surface area contributed by atoms with E-state index in [0.717, 1.165) is 16.8 Å². The van der Waals surface area contributed by atoms with Gasteiger partial charge >= 0.3 is 6.03 Å². The number of benzene rings is 2. The van der Waals surface area contributed by atoms with E-state index in [2.05, 4.69) is 15.4 Å². The topological polar surface area (TPSA) is 95.8 Å². The Morgan fingerprint density at radius 3 is 2.59 bits per heavy atom. The second-order valence-corrected chi connectivity index (χ2v) is 7.79. The molecule has 1 unspecified atom stereocenters. The van der Waals surface area contributed by atoms with E-state index in [1.54, 1.807) is 32.8 Å². The smallest absolute Gasteiger partial charge is 0.323 e. The standard InChI is InChI=1S/C25H27N5O4/c1-33-21-10-8-19(17-22(21)34-2)20-9-11-24(31)30(28-20)23(16-18-6-4-3-5-7-18)27-25(32)29-14-12-26-13-15-29/h3-8,10,12-14,17,23H,9,11,15-16H2,1-2H3,(H,27,32). The molecule has 0 aliphatic carbocycles. The molecule has 2 aliphatic heterocycles. The van der Waals surface area contributed by atoms with Gasteiger partial charge in [0.05, 0.1) is 26.5 Å². The van der Waals surface area contributed by atoms with E-state index in [-0.39, 0.29) is 18.4 Å². The number of rotatable bonds is 7. The molecule has 0 aromatic heterocycles. The number of ether oxygens (including phenoxy) is 2. The molecule has 9 heteroatoms. The molecule has 0 saturated carbocycles. The summed E-state index contributed by atoms with van der Waals surface area (Å²) in [5, 5.41) is 9.05. The first-order valence-electron chi connectivity index (χ1n) is 11.0. The van der Waals surface area contributed by atoms with Crippen molar-refractivity contribution in [2.75, 3.05) is 20.8 Å². The summed E-state index contributed by atoms with van der Waals surface area (Å²) in [6.45, 7) is 0.356. The zero-order chi connectivity index (χ0) is 23.9. The number of nitrogens with zero attached hydrogens (tertiary/aromatic N) is 4. The third-order valence-corrected chi connectivity index (χ3v) is 5.61. The Morgan fingerprint density at radius 1 is 1.09 bits per heavy atom. The molecule has 4 rings (SSSR count). The SMILES string of the molecule is COc1ccc(C2=NN(C(Cc3ccccc3)NC(=O)N3C=CN=CC3)C(=O)CC2)cc1OC. The lowest BCUT2D eigenvalue weighted by Crippen LogP contribution is -2.54. The highest BCUT2D eigenvalue weighted by atomic mass is 16.5. The molecule has 0 fully saturated rings. The number of carbonyl (C=O) groups excluding carboxylic acids is 2. The maximum Gasteiger partial charge on any atom is 0.323 e. The molecule has 0 saturated heterocycles. The summed E-state index contributed by atoms with van der Waals surface area (Å²) in [7, 11) is 3.15. The molecule has 2 heterocycles. The fourth-order valence-corrected chi connectivity index (χ4v) is 3.82. The number of hydrogen-bond acceptors (Lipinski definition) is 6. The molecule has 2 aliphatic rings. The van der Waals surface area contributed by atoms with Gasteiger partial charge in [0.15, 0.2) is 11.5 Å². The maximum atomic E-state index is 13.0. The average Bonchev–Trinajstić information content (AvgIpc) is 2.89. The summed E-state index contributed by atoms with van der Waals surface area (Å²) < 4.78 is 10.7. The molecule has 34 heavy (non-hydrogen) atoms. The van der Waals surface area contributed by atoms with Gasteiger partial charge in [-0.25, -0.2) is 9.80 Å². The van der Waals surface area contributed by atoms with Gasteiger partial charge in [-0.1, -0.05) is 30.3 Å². The lowest BCUT2D eigenvalue weighted by atomic mass is 10.0. The van der Waals surface area contributed by atoms with Crippen molar-refractivity contribution in [1.29, 1.82) is 0 Å². The van der Waals surface area contributed by atoms with Crippen molar-refractivity contribution >= 4 is 23.9 Å². The fraction of sp³-hybridized carbons (Fsp3) is 0.280. The van der Waals surface area contributed by atoms with Crippen LogP contribution < -0.4 is 14.8 Å². The van der Waals surface area contributed by atoms with Crippen LogP contribution in [0.15, 0.2) is 71.0 Å². The van der Waals surface area contributed by atoms with E-state index in [9.17, 15) is 9.59 Å². The largest absolute Gasteiger partial charge is 0.493 e. The lowest BCUT2D eigenvalue weighted by molar-refractivity contribution is -0.134. The van der Waals surface area contributed by atoms with Gasteiger partial charge in [-0.05, 0) is 23.8 Å². The average molecular weight is 462 g/mol. The van der Waals surface area contributed by atoms with Crippen molar-refractivity contribution in [2.45, 2.75) is 25.4 Å². The van der Waals surface area contributed by atoms with Crippen LogP contribution in [0.25, 0.3) is 0 Å². The van der Waals surface area contributed by atoms with E-state index in [1.165, 1.54) is 9.91 Å². The molecule has 9 nitrogen and oxygen atoms in total. The first-order valence-corrected chi connectivity index (χ1v) is 11.0. The predicted molar refractivity (Wildman–Crippen MR) is 129 cm³/mol. The van der Waals surface area contributed by atoms with Crippen molar-refractivity contribution in [3.8, 4) is 11.5 Å². The minimum Gasteiger partial charge on any atom is -0.493 e. The number of urea groups is 1. The van der Waals surface area contributed by atoms with Crippen LogP contribution in [0, 0.1) is 0 Å². The van der Waals surface area contributed by atoms with E-state index < -0.39 is 6.17 Å². The molecule has 176 valence electrons. The maximum absolute atomic E-state index is 13.0. The molecule has 2 aromatic rings. The van der Waals surface area contributed by atoms with Crippen LogP contribution in [-0.4, -0.2) is 60.7 Å². The molecule has 0 spiro atoms. The molecule has 1 N–H and O–H groups in total. The van der Waals surface area contributed by atoms with Crippen LogP contribution in [0.3, 0.4) is 0 Å². The zero-order valence-electron chi connectivity index (χ0n) is 19.2. The van der Waals surface area contributed by atoms with Crippen LogP contribution in [0.5, 0.6) is 11.5 Å². The Balaban J connectivity index is 1.64. The Hall–Kier alpha value is -4.14. The van der Waals surface area contributed by atoms with Gasteiger partial charge in [-0.15, -0.1) is 0 Å². The Kier molecular flexibility index (Phi) is 7.22. The quantitative estimate of drug-likeness (QED) is 0.685. The molecular weight excluding hydrogens is 434 g/mol. The minimum absolute atomic E-state index is 0.152. The molecule has 0 radical (unpaired) electrons. The van der Waals surface area contributed by atoms with Crippen molar-refractivity contribution in [2.24, 2.45) is 10.1 Å². The first kappa shape index (κ1) is 23.0. The molecule has 3 amide bonds. The van der Waals surface area contributed by atoms with Crippen LogP contribution in [0.1, 0.15) is 24.0 Å². The second-order valence-electron chi connectivity index (χ2n) is 7.79. The minimum atomic E-state index is -0.662. The van der Waals surface area contributed by atoms with Crippen LogP contribution in [0.2, 0.25) is 0 Å². The van der Waals surface area contributed by atoms with Gasteiger partial charge in [0.1, 0.15) is 6.17 Å². The van der Waals surface area contributed by atoms with E-state index in [0.29, 0.717) is 30.9 Å². The second kappa shape index (κ2) is 10.7. The van der Waals surface area contributed by atoms with Gasteiger partial charge in [-0.3, -0.25) is 14.7 Å². The molecule has 1 atom stereocenters. The van der Waals surface area contributed by atoms with E-state index >= 15 is 0 Å². The van der Waals surface area contributed by atoms with Crippen LogP contribution in [0.4, 0.5) is 4.79 Å². The number of hydrogen-bond donors (Lipinski definition) is 1. The highest BCUT2D eigenvalue weighted by Crippen LogP contribution is 2.29. The van der Waals surface area contributed by atoms with E-state index in [4.69, 9.17) is 9.47 Å². The van der Waals surface area contributed by atoms with Crippen molar-refractivity contribution < 1.29 is 19.1 Å². The number of amides is 3. The number of carbonyl (C=O) groups is 2. The highest BCUT2D eigenvalue weighted by Gasteiger charge is 2.31. The van der Waals surface area contributed by atoms with Crippen LogP contribution in [-0.2, 0) is 11.2 Å². The number of nitrogens with one attached hydrogen (secondary N) is 1. The predicted octanol–water partition coefficient (Wildman–Crippen LogP) is 3.17. The number of hydrazone groups is 1. The summed E-state index contributed by atoms with van der Waals surface area (Å²) in [4.78, 5) is 31.4. The third-order valence-electron chi connectivity index (χ3n) is 5.61. The molecule has 2 aromatic carbocycles. The van der Waals surface area contributed by atoms with Gasteiger partial charge in [0.2, 0.25) is 5.91 Å². The van der Waals surface area contributed by atoms with Gasteiger partial charge < -0.3 is 14.8 Å². The van der Waals surface area contributed by atoms with Gasteiger partial charge in [0, 0.05) is 43.4 Å². The third kappa shape index (κ3) is 5.25. The summed E-state index contributed by atoms with van der Waals surface area (Å²) in [6.07, 6.45) is 5.31. The van der Waals surface area contributed by atoms with Crippen molar-refractivity contribution in [1.82, 2.24) is 15.2 Å². The summed E-state index contributed by atoms with van der Waals surface area (Å²) in [6, 6.07) is 14.9. The van der Waals surface area contributed by atoms with Crippen molar-refractivity contribution in [3.63, 3.8) is 0 Å². The van der Waals surface area contributed by atoms with E-state index in [1.807, 2.05) is 48.5 Å². The Morgan fingerprint density at radius 2 is 1.88 bits per heavy atom. The number of methoxy groups -OCH3 is 2. The van der Waals surface area contributed by atoms with Gasteiger partial charge in [-0.2, -0.15) is 5.10 Å². The normalized spacial score (nSPS) is 16.2. The summed E-state index contributed by atoms with van der Waals surface area (Å²) >= 11 is 0. The molecular formula is C25H27N5O4. The highest BCUT2D eigenvalue weighted by molar-refractivity contribution is 6.04. The van der Waals surface area contributed by atoms with Gasteiger partial charge in [0.25, 0.3) is 0 Å². The zero-order valence-corrected chi connectivity index (χ0v) is 19.2. The summed E-state index contributed by atoms with van der Waals surface area (Å²) in [5.41, 5.74) is 2.54. The monoisotopic (exact) mass is 461 g/mol. The van der Waals surface area contributed by atoms with Crippen molar-refractivity contribution in [3.05, 3.63) is 72.1 Å². The Labute approximate surface area is 198 Å². The molecule has 0 bridgehead atoms.